The first-order valence-electron chi connectivity index (χ1n) is 8.16. The van der Waals surface area contributed by atoms with Crippen LogP contribution in [0, 0.1) is 18.3 Å². The van der Waals surface area contributed by atoms with Gasteiger partial charge in [0.05, 0.1) is 23.8 Å². The average Bonchev–Trinajstić information content (AvgIpc) is 3.00. The monoisotopic (exact) mass is 319 g/mol. The second kappa shape index (κ2) is 5.68. The number of benzene rings is 2. The normalized spacial score (nSPS) is 18.3. The number of ketones is 1. The number of hydrogen-bond acceptors (Lipinski definition) is 4. The summed E-state index contributed by atoms with van der Waals surface area (Å²) in [5.74, 6) is 1.54. The molecule has 2 aromatic carbocycles. The highest BCUT2D eigenvalue weighted by atomic mass is 16.5. The van der Waals surface area contributed by atoms with E-state index in [-0.39, 0.29) is 11.9 Å². The Bertz CT molecular complexity index is 879. The van der Waals surface area contributed by atoms with Crippen LogP contribution in [0.25, 0.3) is 0 Å². The van der Waals surface area contributed by atoms with Crippen molar-refractivity contribution in [2.75, 3.05) is 6.61 Å². The molecule has 0 amide bonds. The Morgan fingerprint density at radius 3 is 2.96 bits per heavy atom. The molecule has 2 aliphatic rings. The lowest BCUT2D eigenvalue weighted by Crippen LogP contribution is -2.16. The Morgan fingerprint density at radius 2 is 2.12 bits per heavy atom. The molecule has 1 atom stereocenters. The average molecular weight is 319 g/mol. The molecule has 0 saturated carbocycles. The van der Waals surface area contributed by atoms with Crippen molar-refractivity contribution in [1.29, 1.82) is 5.26 Å². The summed E-state index contributed by atoms with van der Waals surface area (Å²) in [7, 11) is 0. The number of nitrogens with zero attached hydrogens (tertiary/aromatic N) is 1. The van der Waals surface area contributed by atoms with Crippen LogP contribution in [0.2, 0.25) is 0 Å². The Morgan fingerprint density at radius 1 is 1.25 bits per heavy atom. The SMILES string of the molecule is Cc1c(O[C@@H]2CCc3cc(C#N)ccc32)ccc2c1OCCC2=O. The summed E-state index contributed by atoms with van der Waals surface area (Å²) in [5.41, 5.74) is 4.54. The molecule has 4 heteroatoms. The zero-order valence-corrected chi connectivity index (χ0v) is 13.5. The van der Waals surface area contributed by atoms with Crippen molar-refractivity contribution in [3.05, 3.63) is 58.1 Å². The zero-order chi connectivity index (χ0) is 16.7. The number of carbonyl (C=O) groups excluding carboxylic acids is 1. The van der Waals surface area contributed by atoms with Crippen molar-refractivity contribution < 1.29 is 14.3 Å². The summed E-state index contributed by atoms with van der Waals surface area (Å²) < 4.78 is 11.9. The van der Waals surface area contributed by atoms with Crippen LogP contribution in [0.15, 0.2) is 30.3 Å². The number of hydrogen-bond donors (Lipinski definition) is 0. The molecule has 0 aromatic heterocycles. The standard InChI is InChI=1S/C20H17NO3/c1-12-18(7-5-16-17(22)8-9-23-20(12)16)24-19-6-3-14-10-13(11-21)2-4-15(14)19/h2,4-5,7,10,19H,3,6,8-9H2,1H3/t19-/m1/s1. The highest BCUT2D eigenvalue weighted by Gasteiger charge is 2.27. The van der Waals surface area contributed by atoms with Gasteiger partial charge in [-0.2, -0.15) is 5.26 Å². The lowest BCUT2D eigenvalue weighted by atomic mass is 10.0. The number of Topliss-reactive ketones (excluding diaryl/α,β-unsaturated/α-hetero) is 1. The van der Waals surface area contributed by atoms with E-state index in [1.54, 1.807) is 6.07 Å². The van der Waals surface area contributed by atoms with Gasteiger partial charge >= 0.3 is 0 Å². The Hall–Kier alpha value is -2.80. The van der Waals surface area contributed by atoms with Crippen LogP contribution in [0.1, 0.15) is 51.6 Å². The molecular formula is C20H17NO3. The summed E-state index contributed by atoms with van der Waals surface area (Å²) >= 11 is 0. The van der Waals surface area contributed by atoms with Gasteiger partial charge in [0, 0.05) is 12.0 Å². The van der Waals surface area contributed by atoms with E-state index in [9.17, 15) is 4.79 Å². The van der Waals surface area contributed by atoms with E-state index in [0.717, 1.165) is 29.7 Å². The minimum Gasteiger partial charge on any atom is -0.492 e. The van der Waals surface area contributed by atoms with E-state index < -0.39 is 0 Å². The molecular weight excluding hydrogens is 302 g/mol. The maximum atomic E-state index is 12.0. The minimum absolute atomic E-state index is 0.0243. The van der Waals surface area contributed by atoms with Gasteiger partial charge in [-0.15, -0.1) is 0 Å². The van der Waals surface area contributed by atoms with Gasteiger partial charge in [-0.05, 0) is 55.2 Å². The van der Waals surface area contributed by atoms with E-state index in [2.05, 4.69) is 6.07 Å². The van der Waals surface area contributed by atoms with E-state index in [0.29, 0.717) is 29.9 Å². The maximum absolute atomic E-state index is 12.0. The third kappa shape index (κ3) is 2.33. The highest BCUT2D eigenvalue weighted by Crippen LogP contribution is 2.40. The van der Waals surface area contributed by atoms with Crippen LogP contribution in [0.4, 0.5) is 0 Å². The Kier molecular flexibility index (Phi) is 3.50. The molecule has 0 N–H and O–H groups in total. The lowest BCUT2D eigenvalue weighted by Gasteiger charge is -2.22. The largest absolute Gasteiger partial charge is 0.492 e. The molecule has 24 heavy (non-hydrogen) atoms. The summed E-state index contributed by atoms with van der Waals surface area (Å²) in [5, 5.41) is 9.02. The van der Waals surface area contributed by atoms with Gasteiger partial charge in [0.2, 0.25) is 0 Å². The Labute approximate surface area is 140 Å². The number of aryl methyl sites for hydroxylation is 1. The van der Waals surface area contributed by atoms with Crippen molar-refractivity contribution >= 4 is 5.78 Å². The molecule has 0 saturated heterocycles. The highest BCUT2D eigenvalue weighted by molar-refractivity contribution is 6.00. The molecule has 0 unspecified atom stereocenters. The van der Waals surface area contributed by atoms with Crippen molar-refractivity contribution in [3.8, 4) is 17.6 Å². The number of nitriles is 1. The molecule has 1 aliphatic carbocycles. The molecule has 1 heterocycles. The molecule has 0 fully saturated rings. The molecule has 2 aromatic rings. The molecule has 4 nitrogen and oxygen atoms in total. The van der Waals surface area contributed by atoms with Gasteiger partial charge < -0.3 is 9.47 Å². The third-order valence-corrected chi connectivity index (χ3v) is 4.80. The predicted molar refractivity (Wildman–Crippen MR) is 88.5 cm³/mol. The molecule has 120 valence electrons. The molecule has 1 aliphatic heterocycles. The van der Waals surface area contributed by atoms with E-state index in [1.165, 1.54) is 5.56 Å². The number of ether oxygens (including phenoxy) is 2. The van der Waals surface area contributed by atoms with E-state index >= 15 is 0 Å². The van der Waals surface area contributed by atoms with Crippen LogP contribution in [0.3, 0.4) is 0 Å². The van der Waals surface area contributed by atoms with Crippen LogP contribution >= 0.6 is 0 Å². The van der Waals surface area contributed by atoms with Crippen LogP contribution in [-0.2, 0) is 6.42 Å². The smallest absolute Gasteiger partial charge is 0.170 e. The quantitative estimate of drug-likeness (QED) is 0.842. The molecule has 0 spiro atoms. The van der Waals surface area contributed by atoms with Crippen molar-refractivity contribution in [2.45, 2.75) is 32.3 Å². The first-order chi connectivity index (χ1) is 11.7. The Balaban J connectivity index is 1.64. The number of rotatable bonds is 2. The van der Waals surface area contributed by atoms with Gasteiger partial charge in [-0.1, -0.05) is 6.07 Å². The number of carbonyl (C=O) groups is 1. The molecule has 0 radical (unpaired) electrons. The summed E-state index contributed by atoms with van der Waals surface area (Å²) in [6, 6.07) is 11.6. The van der Waals surface area contributed by atoms with Crippen molar-refractivity contribution in [3.63, 3.8) is 0 Å². The topological polar surface area (TPSA) is 59.3 Å². The molecule has 0 bridgehead atoms. The second-order valence-electron chi connectivity index (χ2n) is 6.26. The predicted octanol–water partition coefficient (Wildman–Crippen LogP) is 3.90. The van der Waals surface area contributed by atoms with Gasteiger partial charge in [-0.3, -0.25) is 4.79 Å². The summed E-state index contributed by atoms with van der Waals surface area (Å²) in [4.78, 5) is 12.0. The van der Waals surface area contributed by atoms with Gasteiger partial charge in [0.1, 0.15) is 17.6 Å². The molecule has 4 rings (SSSR count). The van der Waals surface area contributed by atoms with E-state index in [4.69, 9.17) is 14.7 Å². The third-order valence-electron chi connectivity index (χ3n) is 4.80. The fourth-order valence-corrected chi connectivity index (χ4v) is 3.51. The maximum Gasteiger partial charge on any atom is 0.170 e. The lowest BCUT2D eigenvalue weighted by molar-refractivity contribution is 0.0932. The zero-order valence-electron chi connectivity index (χ0n) is 13.5. The first kappa shape index (κ1) is 14.8. The fourth-order valence-electron chi connectivity index (χ4n) is 3.51. The fraction of sp³-hybridized carbons (Fsp3) is 0.300. The van der Waals surface area contributed by atoms with Crippen molar-refractivity contribution in [2.24, 2.45) is 0 Å². The van der Waals surface area contributed by atoms with Crippen LogP contribution < -0.4 is 9.47 Å². The van der Waals surface area contributed by atoms with E-state index in [1.807, 2.05) is 31.2 Å². The summed E-state index contributed by atoms with van der Waals surface area (Å²) in [6.07, 6.45) is 2.21. The van der Waals surface area contributed by atoms with Gasteiger partial charge in [-0.25, -0.2) is 0 Å². The van der Waals surface area contributed by atoms with Crippen LogP contribution in [-0.4, -0.2) is 12.4 Å². The summed E-state index contributed by atoms with van der Waals surface area (Å²) in [6.45, 7) is 2.36. The van der Waals surface area contributed by atoms with Crippen LogP contribution in [0.5, 0.6) is 11.5 Å². The van der Waals surface area contributed by atoms with Gasteiger partial charge in [0.25, 0.3) is 0 Å². The second-order valence-corrected chi connectivity index (χ2v) is 6.26. The van der Waals surface area contributed by atoms with Gasteiger partial charge in [0.15, 0.2) is 5.78 Å². The minimum atomic E-state index is -0.0243. The number of fused-ring (bicyclic) bond motifs is 2. The van der Waals surface area contributed by atoms with Crippen molar-refractivity contribution in [1.82, 2.24) is 0 Å². The first-order valence-corrected chi connectivity index (χ1v) is 8.16.